The van der Waals surface area contributed by atoms with Gasteiger partial charge in [-0.25, -0.2) is 4.98 Å². The summed E-state index contributed by atoms with van der Waals surface area (Å²) in [4.78, 5) is 21.4. The van der Waals surface area contributed by atoms with E-state index in [4.69, 9.17) is 4.74 Å². The molecule has 6 heteroatoms. The van der Waals surface area contributed by atoms with E-state index in [1.807, 2.05) is 5.38 Å². The minimum absolute atomic E-state index is 0.120. The van der Waals surface area contributed by atoms with Crippen LogP contribution in [-0.4, -0.2) is 65.6 Å². The Balaban J connectivity index is 1.42. The van der Waals surface area contributed by atoms with Gasteiger partial charge >= 0.3 is 0 Å². The second-order valence-corrected chi connectivity index (χ2v) is 7.03. The van der Waals surface area contributed by atoms with Gasteiger partial charge in [0.1, 0.15) is 5.69 Å². The molecule has 3 saturated heterocycles. The minimum atomic E-state index is 0.120. The summed E-state index contributed by atoms with van der Waals surface area (Å²) in [5, 5.41) is 1.86. The summed E-state index contributed by atoms with van der Waals surface area (Å²) in [7, 11) is 0. The molecule has 0 radical (unpaired) electrons. The van der Waals surface area contributed by atoms with Crippen molar-refractivity contribution in [1.82, 2.24) is 14.8 Å². The van der Waals surface area contributed by atoms with Gasteiger partial charge in [-0.3, -0.25) is 9.69 Å². The monoisotopic (exact) mass is 307 g/mol. The Morgan fingerprint density at radius 2 is 2.24 bits per heavy atom. The predicted molar refractivity (Wildman–Crippen MR) is 80.5 cm³/mol. The minimum Gasteiger partial charge on any atom is -0.381 e. The number of thiazole rings is 1. The summed E-state index contributed by atoms with van der Waals surface area (Å²) in [6.07, 6.45) is 3.40. The molecule has 0 saturated carbocycles. The fraction of sp³-hybridized carbons (Fsp3) is 0.733. The van der Waals surface area contributed by atoms with Crippen molar-refractivity contribution < 1.29 is 9.53 Å². The number of hydrogen-bond donors (Lipinski definition) is 0. The fourth-order valence-corrected chi connectivity index (χ4v) is 4.60. The van der Waals surface area contributed by atoms with E-state index in [1.54, 1.807) is 5.51 Å². The van der Waals surface area contributed by atoms with Gasteiger partial charge in [0.15, 0.2) is 0 Å². The molecule has 21 heavy (non-hydrogen) atoms. The lowest BCUT2D eigenvalue weighted by molar-refractivity contribution is 0.0725. The zero-order valence-electron chi connectivity index (χ0n) is 12.1. The predicted octanol–water partition coefficient (Wildman–Crippen LogP) is 1.47. The van der Waals surface area contributed by atoms with Gasteiger partial charge in [-0.1, -0.05) is 0 Å². The lowest BCUT2D eigenvalue weighted by Crippen LogP contribution is -2.41. The molecule has 3 aliphatic heterocycles. The van der Waals surface area contributed by atoms with E-state index in [-0.39, 0.29) is 5.91 Å². The van der Waals surface area contributed by atoms with Gasteiger partial charge in [0.05, 0.1) is 12.1 Å². The maximum absolute atomic E-state index is 12.5. The van der Waals surface area contributed by atoms with Crippen LogP contribution >= 0.6 is 11.3 Å². The molecule has 3 fully saturated rings. The number of hydrogen-bond acceptors (Lipinski definition) is 5. The zero-order valence-corrected chi connectivity index (χ0v) is 12.9. The average Bonchev–Trinajstić information content (AvgIpc) is 3.26. The van der Waals surface area contributed by atoms with Crippen molar-refractivity contribution in [3.8, 4) is 0 Å². The molecular formula is C15H21N3O2S. The van der Waals surface area contributed by atoms with Gasteiger partial charge in [-0.2, -0.15) is 0 Å². The second-order valence-electron chi connectivity index (χ2n) is 6.31. The molecule has 0 aliphatic carbocycles. The first-order valence-corrected chi connectivity index (χ1v) is 8.78. The van der Waals surface area contributed by atoms with Crippen LogP contribution in [0, 0.1) is 5.92 Å². The van der Waals surface area contributed by atoms with Gasteiger partial charge < -0.3 is 9.64 Å². The van der Waals surface area contributed by atoms with Crippen molar-refractivity contribution in [1.29, 1.82) is 0 Å². The molecule has 4 rings (SSSR count). The quantitative estimate of drug-likeness (QED) is 0.848. The SMILES string of the molecule is O=C(c1cscn1)N1CC[C@@H]2[C@@H]1CCN2CC1CCOC1. The third-order valence-corrected chi connectivity index (χ3v) is 5.71. The number of aromatic nitrogens is 1. The highest BCUT2D eigenvalue weighted by molar-refractivity contribution is 7.07. The maximum Gasteiger partial charge on any atom is 0.273 e. The van der Waals surface area contributed by atoms with Crippen LogP contribution < -0.4 is 0 Å². The van der Waals surface area contributed by atoms with Gasteiger partial charge in [0.25, 0.3) is 5.91 Å². The Kier molecular flexibility index (Phi) is 3.69. The molecule has 5 nitrogen and oxygen atoms in total. The van der Waals surface area contributed by atoms with Crippen LogP contribution in [0.25, 0.3) is 0 Å². The Morgan fingerprint density at radius 3 is 3.00 bits per heavy atom. The number of nitrogens with zero attached hydrogens (tertiary/aromatic N) is 3. The lowest BCUT2D eigenvalue weighted by atomic mass is 10.1. The Bertz CT molecular complexity index is 501. The molecule has 4 heterocycles. The Hall–Kier alpha value is -0.980. The van der Waals surface area contributed by atoms with Gasteiger partial charge in [-0.15, -0.1) is 11.3 Å². The molecule has 0 bridgehead atoms. The Labute approximate surface area is 128 Å². The molecule has 1 amide bonds. The highest BCUT2D eigenvalue weighted by Gasteiger charge is 2.45. The number of carbonyl (C=O) groups excluding carboxylic acids is 1. The van der Waals surface area contributed by atoms with Crippen LogP contribution in [-0.2, 0) is 4.74 Å². The average molecular weight is 307 g/mol. The standard InChI is InChI=1S/C15H21N3O2S/c19-15(12-9-21-10-16-12)18-5-2-13-14(18)1-4-17(13)7-11-3-6-20-8-11/h9-11,13-14H,1-8H2/t11?,13-,14+/m1/s1. The summed E-state index contributed by atoms with van der Waals surface area (Å²) in [5.41, 5.74) is 2.35. The Morgan fingerprint density at radius 1 is 1.33 bits per heavy atom. The van der Waals surface area contributed by atoms with Crippen molar-refractivity contribution in [3.63, 3.8) is 0 Å². The van der Waals surface area contributed by atoms with Crippen molar-refractivity contribution in [3.05, 3.63) is 16.6 Å². The van der Waals surface area contributed by atoms with Crippen LogP contribution in [0.15, 0.2) is 10.9 Å². The van der Waals surface area contributed by atoms with E-state index >= 15 is 0 Å². The summed E-state index contributed by atoms with van der Waals surface area (Å²) in [6, 6.07) is 0.940. The third-order valence-electron chi connectivity index (χ3n) is 5.12. The van der Waals surface area contributed by atoms with Crippen LogP contribution in [0.4, 0.5) is 0 Å². The van der Waals surface area contributed by atoms with Crippen LogP contribution in [0.5, 0.6) is 0 Å². The second kappa shape index (κ2) is 5.66. The van der Waals surface area contributed by atoms with E-state index < -0.39 is 0 Å². The largest absolute Gasteiger partial charge is 0.381 e. The maximum atomic E-state index is 12.5. The molecule has 114 valence electrons. The number of likely N-dealkylation sites (tertiary alicyclic amines) is 2. The number of carbonyl (C=O) groups is 1. The van der Waals surface area contributed by atoms with Crippen molar-refractivity contribution >= 4 is 17.2 Å². The van der Waals surface area contributed by atoms with E-state index in [9.17, 15) is 4.79 Å². The topological polar surface area (TPSA) is 45.7 Å². The molecular weight excluding hydrogens is 286 g/mol. The van der Waals surface area contributed by atoms with Crippen LogP contribution in [0.1, 0.15) is 29.8 Å². The smallest absolute Gasteiger partial charge is 0.273 e. The van der Waals surface area contributed by atoms with E-state index in [2.05, 4.69) is 14.8 Å². The number of amides is 1. The van der Waals surface area contributed by atoms with Crippen molar-refractivity contribution in [2.24, 2.45) is 5.92 Å². The van der Waals surface area contributed by atoms with Crippen LogP contribution in [0.3, 0.4) is 0 Å². The molecule has 0 aromatic carbocycles. The normalized spacial score (nSPS) is 32.8. The zero-order chi connectivity index (χ0) is 14.2. The molecule has 0 spiro atoms. The molecule has 1 unspecified atom stereocenters. The molecule has 1 aromatic heterocycles. The lowest BCUT2D eigenvalue weighted by Gasteiger charge is -2.26. The highest BCUT2D eigenvalue weighted by atomic mass is 32.1. The fourth-order valence-electron chi connectivity index (χ4n) is 4.08. The first kappa shape index (κ1) is 13.7. The van der Waals surface area contributed by atoms with Crippen molar-refractivity contribution in [2.75, 3.05) is 32.8 Å². The number of fused-ring (bicyclic) bond motifs is 1. The number of rotatable bonds is 3. The summed E-state index contributed by atoms with van der Waals surface area (Å²) in [5.74, 6) is 0.807. The summed E-state index contributed by atoms with van der Waals surface area (Å²) in [6.45, 7) is 4.96. The van der Waals surface area contributed by atoms with Gasteiger partial charge in [-0.05, 0) is 25.2 Å². The van der Waals surface area contributed by atoms with Crippen LogP contribution in [0.2, 0.25) is 0 Å². The summed E-state index contributed by atoms with van der Waals surface area (Å²) >= 11 is 1.49. The first-order chi connectivity index (χ1) is 10.3. The molecule has 1 aromatic rings. The van der Waals surface area contributed by atoms with E-state index in [1.165, 1.54) is 17.8 Å². The third kappa shape index (κ3) is 2.49. The van der Waals surface area contributed by atoms with Gasteiger partial charge in [0.2, 0.25) is 0 Å². The first-order valence-electron chi connectivity index (χ1n) is 7.84. The molecule has 0 N–H and O–H groups in total. The van der Waals surface area contributed by atoms with E-state index in [0.29, 0.717) is 23.7 Å². The number of ether oxygens (including phenoxy) is 1. The summed E-state index contributed by atoms with van der Waals surface area (Å²) < 4.78 is 5.49. The molecule has 3 atom stereocenters. The molecule has 3 aliphatic rings. The van der Waals surface area contributed by atoms with E-state index in [0.717, 1.165) is 45.7 Å². The van der Waals surface area contributed by atoms with Gasteiger partial charge in [0, 0.05) is 43.7 Å². The highest BCUT2D eigenvalue weighted by Crippen LogP contribution is 2.33. The van der Waals surface area contributed by atoms with Crippen molar-refractivity contribution in [2.45, 2.75) is 31.3 Å².